The molecule has 0 aromatic heterocycles. The number of benzene rings is 1. The Morgan fingerprint density at radius 3 is 2.93 bits per heavy atom. The van der Waals surface area contributed by atoms with Crippen LogP contribution in [0, 0.1) is 0 Å². The van der Waals surface area contributed by atoms with Crippen molar-refractivity contribution in [2.45, 2.75) is 24.9 Å². The van der Waals surface area contributed by atoms with Crippen molar-refractivity contribution in [2.75, 3.05) is 6.61 Å². The van der Waals surface area contributed by atoms with Crippen molar-refractivity contribution in [1.29, 1.82) is 0 Å². The molecule has 14 heavy (non-hydrogen) atoms. The second-order valence-corrected chi connectivity index (χ2v) is 4.76. The second-order valence-electron chi connectivity index (χ2n) is 3.84. The van der Waals surface area contributed by atoms with E-state index in [2.05, 4.69) is 15.9 Å². The molecule has 0 amide bonds. The van der Waals surface area contributed by atoms with Gasteiger partial charge in [0.1, 0.15) is 5.60 Å². The molecule has 2 N–H and O–H groups in total. The van der Waals surface area contributed by atoms with Gasteiger partial charge in [0.25, 0.3) is 0 Å². The number of aliphatic hydroxyl groups is 2. The van der Waals surface area contributed by atoms with Gasteiger partial charge in [-0.1, -0.05) is 22.0 Å². The number of halogens is 1. The topological polar surface area (TPSA) is 40.5 Å². The zero-order chi connectivity index (χ0) is 10.2. The van der Waals surface area contributed by atoms with Crippen LogP contribution >= 0.6 is 15.9 Å². The van der Waals surface area contributed by atoms with Gasteiger partial charge in [0.05, 0.1) is 6.61 Å². The lowest BCUT2D eigenvalue weighted by Gasteiger charge is -2.32. The van der Waals surface area contributed by atoms with E-state index in [-0.39, 0.29) is 6.61 Å². The summed E-state index contributed by atoms with van der Waals surface area (Å²) in [6.45, 7) is -0.193. The molecule has 0 saturated carbocycles. The number of fused-ring (bicyclic) bond motifs is 1. The summed E-state index contributed by atoms with van der Waals surface area (Å²) < 4.78 is 1.03. The molecule has 2 rings (SSSR count). The summed E-state index contributed by atoms with van der Waals surface area (Å²) in [5.74, 6) is 0. The fraction of sp³-hybridized carbons (Fsp3) is 0.455. The standard InChI is InChI=1S/C11H13BrO2/c12-9-3-4-10-8(6-9)2-1-5-11(10,14)7-13/h3-4,6,13-14H,1-2,5,7H2. The number of hydrogen-bond acceptors (Lipinski definition) is 2. The first kappa shape index (κ1) is 10.1. The molecular weight excluding hydrogens is 244 g/mol. The third kappa shape index (κ3) is 1.60. The van der Waals surface area contributed by atoms with Gasteiger partial charge in [-0.15, -0.1) is 0 Å². The minimum atomic E-state index is -1.02. The average molecular weight is 257 g/mol. The van der Waals surface area contributed by atoms with Crippen LogP contribution in [0.3, 0.4) is 0 Å². The Bertz CT molecular complexity index is 351. The van der Waals surface area contributed by atoms with Gasteiger partial charge in [0.15, 0.2) is 0 Å². The number of aryl methyl sites for hydroxylation is 1. The Kier molecular flexibility index (Phi) is 2.64. The monoisotopic (exact) mass is 256 g/mol. The van der Waals surface area contributed by atoms with Crippen molar-refractivity contribution >= 4 is 15.9 Å². The van der Waals surface area contributed by atoms with Crippen LogP contribution < -0.4 is 0 Å². The van der Waals surface area contributed by atoms with Crippen molar-refractivity contribution in [1.82, 2.24) is 0 Å². The van der Waals surface area contributed by atoms with Gasteiger partial charge >= 0.3 is 0 Å². The summed E-state index contributed by atoms with van der Waals surface area (Å²) in [5, 5.41) is 19.4. The highest BCUT2D eigenvalue weighted by Crippen LogP contribution is 2.35. The highest BCUT2D eigenvalue weighted by Gasteiger charge is 2.33. The van der Waals surface area contributed by atoms with Gasteiger partial charge in [-0.05, 0) is 42.5 Å². The average Bonchev–Trinajstić information content (AvgIpc) is 2.18. The summed E-state index contributed by atoms with van der Waals surface area (Å²) in [7, 11) is 0. The third-order valence-electron chi connectivity index (χ3n) is 2.87. The van der Waals surface area contributed by atoms with Crippen molar-refractivity contribution in [3.8, 4) is 0 Å². The zero-order valence-electron chi connectivity index (χ0n) is 7.83. The minimum absolute atomic E-state index is 0.193. The molecule has 2 nitrogen and oxygen atoms in total. The van der Waals surface area contributed by atoms with Crippen LogP contribution in [0.5, 0.6) is 0 Å². The summed E-state index contributed by atoms with van der Waals surface area (Å²) in [4.78, 5) is 0. The fourth-order valence-corrected chi connectivity index (χ4v) is 2.50. The van der Waals surface area contributed by atoms with E-state index in [0.717, 1.165) is 28.4 Å². The van der Waals surface area contributed by atoms with Crippen LogP contribution in [0.15, 0.2) is 22.7 Å². The summed E-state index contributed by atoms with van der Waals surface area (Å²) in [5.41, 5.74) is 1.01. The third-order valence-corrected chi connectivity index (χ3v) is 3.36. The van der Waals surface area contributed by atoms with Gasteiger partial charge in [-0.3, -0.25) is 0 Å². The quantitative estimate of drug-likeness (QED) is 0.807. The van der Waals surface area contributed by atoms with Gasteiger partial charge in [-0.25, -0.2) is 0 Å². The van der Waals surface area contributed by atoms with Crippen molar-refractivity contribution in [3.05, 3.63) is 33.8 Å². The van der Waals surface area contributed by atoms with E-state index in [0.29, 0.717) is 6.42 Å². The van der Waals surface area contributed by atoms with Gasteiger partial charge in [0.2, 0.25) is 0 Å². The van der Waals surface area contributed by atoms with Crippen LogP contribution in [0.25, 0.3) is 0 Å². The van der Waals surface area contributed by atoms with Crippen LogP contribution in [-0.2, 0) is 12.0 Å². The maximum Gasteiger partial charge on any atom is 0.113 e. The zero-order valence-corrected chi connectivity index (χ0v) is 9.42. The van der Waals surface area contributed by atoms with Gasteiger partial charge in [-0.2, -0.15) is 0 Å². The van der Waals surface area contributed by atoms with E-state index in [4.69, 9.17) is 0 Å². The van der Waals surface area contributed by atoms with E-state index in [1.54, 1.807) is 0 Å². The van der Waals surface area contributed by atoms with E-state index in [9.17, 15) is 10.2 Å². The molecular formula is C11H13BrO2. The van der Waals surface area contributed by atoms with Crippen molar-refractivity contribution < 1.29 is 10.2 Å². The lowest BCUT2D eigenvalue weighted by Crippen LogP contribution is -2.34. The molecule has 3 heteroatoms. The molecule has 0 heterocycles. The summed E-state index contributed by atoms with van der Waals surface area (Å²) in [6.07, 6.45) is 2.57. The molecule has 1 aromatic rings. The number of aliphatic hydroxyl groups excluding tert-OH is 1. The van der Waals surface area contributed by atoms with E-state index in [1.807, 2.05) is 18.2 Å². The summed E-state index contributed by atoms with van der Waals surface area (Å²) in [6, 6.07) is 5.83. The predicted molar refractivity (Wildman–Crippen MR) is 58.1 cm³/mol. The number of hydrogen-bond donors (Lipinski definition) is 2. The maximum atomic E-state index is 10.2. The summed E-state index contributed by atoms with van der Waals surface area (Å²) >= 11 is 3.41. The Morgan fingerprint density at radius 2 is 2.21 bits per heavy atom. The van der Waals surface area contributed by atoms with Crippen molar-refractivity contribution in [2.24, 2.45) is 0 Å². The first-order valence-corrected chi connectivity index (χ1v) is 5.57. The Balaban J connectivity index is 2.50. The molecule has 0 bridgehead atoms. The molecule has 1 aromatic carbocycles. The largest absolute Gasteiger partial charge is 0.393 e. The lowest BCUT2D eigenvalue weighted by molar-refractivity contribution is -0.0327. The van der Waals surface area contributed by atoms with E-state index < -0.39 is 5.60 Å². The molecule has 0 radical (unpaired) electrons. The van der Waals surface area contributed by atoms with Gasteiger partial charge in [0, 0.05) is 4.47 Å². The van der Waals surface area contributed by atoms with Crippen LogP contribution in [0.2, 0.25) is 0 Å². The minimum Gasteiger partial charge on any atom is -0.393 e. The molecule has 0 spiro atoms. The smallest absolute Gasteiger partial charge is 0.113 e. The Hall–Kier alpha value is -0.380. The number of rotatable bonds is 1. The van der Waals surface area contributed by atoms with Crippen LogP contribution in [-0.4, -0.2) is 16.8 Å². The molecule has 1 aliphatic rings. The normalized spacial score (nSPS) is 25.9. The molecule has 0 aliphatic heterocycles. The van der Waals surface area contributed by atoms with E-state index in [1.165, 1.54) is 0 Å². The maximum absolute atomic E-state index is 10.2. The Labute approximate surface area is 91.7 Å². The molecule has 1 aliphatic carbocycles. The first-order chi connectivity index (χ1) is 6.65. The van der Waals surface area contributed by atoms with Crippen LogP contribution in [0.1, 0.15) is 24.0 Å². The van der Waals surface area contributed by atoms with Crippen molar-refractivity contribution in [3.63, 3.8) is 0 Å². The Morgan fingerprint density at radius 1 is 1.43 bits per heavy atom. The molecule has 0 saturated heterocycles. The van der Waals surface area contributed by atoms with E-state index >= 15 is 0 Å². The van der Waals surface area contributed by atoms with Crippen LogP contribution in [0.4, 0.5) is 0 Å². The fourth-order valence-electron chi connectivity index (χ4n) is 2.09. The SMILES string of the molecule is OCC1(O)CCCc2cc(Br)ccc21. The first-order valence-electron chi connectivity index (χ1n) is 4.78. The highest BCUT2D eigenvalue weighted by atomic mass is 79.9. The molecule has 76 valence electrons. The second kappa shape index (κ2) is 3.65. The predicted octanol–water partition coefficient (Wildman–Crippen LogP) is 1.97. The van der Waals surface area contributed by atoms with Gasteiger partial charge < -0.3 is 10.2 Å². The molecule has 0 fully saturated rings. The molecule has 1 unspecified atom stereocenters. The lowest BCUT2D eigenvalue weighted by atomic mass is 9.80. The molecule has 1 atom stereocenters. The highest BCUT2D eigenvalue weighted by molar-refractivity contribution is 9.10.